The largest absolute Gasteiger partial charge is 0.545 e. The zero-order chi connectivity index (χ0) is 110. The molecule has 16 N–H and O–H groups in total. The number of carboxylic acid groups (broad SMARTS) is 2. The topological polar surface area (TPSA) is 670 Å². The summed E-state index contributed by atoms with van der Waals surface area (Å²) in [5, 5.41) is 56.1. The Morgan fingerprint density at radius 3 is 1.23 bits per heavy atom. The lowest BCUT2D eigenvalue weighted by molar-refractivity contribution is -0.256. The van der Waals surface area contributed by atoms with Crippen LogP contribution in [-0.2, 0) is 63.2 Å². The van der Waals surface area contributed by atoms with Gasteiger partial charge in [-0.15, -0.1) is 0 Å². The lowest BCUT2D eigenvalue weighted by Crippen LogP contribution is -2.49. The number of aromatic carboxylic acids is 2. The summed E-state index contributed by atoms with van der Waals surface area (Å²) in [5.74, 6) is 8.05. The molecule has 150 heavy (non-hydrogen) atoms. The summed E-state index contributed by atoms with van der Waals surface area (Å²) in [6.07, 6.45) is 2.07. The molecule has 0 aliphatic carbocycles. The Kier molecular flexibility index (Phi) is 31.2. The number of fused-ring (bicyclic) bond motifs is 8. The first-order valence-corrected chi connectivity index (χ1v) is 55.9. The van der Waals surface area contributed by atoms with Crippen LogP contribution in [0.5, 0.6) is 23.0 Å². The molecule has 0 bridgehead atoms. The summed E-state index contributed by atoms with van der Waals surface area (Å²) >= 11 is 0. The highest BCUT2D eigenvalue weighted by Gasteiger charge is 2.48. The first-order valence-electron chi connectivity index (χ1n) is 46.9. The number of nitrogens with zero attached hydrogens (tertiary/aromatic N) is 8. The highest BCUT2D eigenvalue weighted by Crippen LogP contribution is 2.68. The molecule has 2 saturated heterocycles. The maximum Gasteiger partial charge on any atom is 0.490 e. The minimum absolute atomic E-state index is 0.0109. The summed E-state index contributed by atoms with van der Waals surface area (Å²) < 4.78 is 125. The molecule has 0 radical (unpaired) electrons. The van der Waals surface area contributed by atoms with Crippen LogP contribution in [0.15, 0.2) is 131 Å². The molecule has 8 aliphatic rings. The highest BCUT2D eigenvalue weighted by atomic mass is 31.3. The number of aliphatic hydroxyl groups is 2. The predicted molar refractivity (Wildman–Crippen MR) is 543 cm³/mol. The number of nitrogens with one attached hydrogen (secondary N) is 2. The zero-order valence-electron chi connectivity index (χ0n) is 83.8. The number of hydrogen-bond donors (Lipinski definition) is 14. The van der Waals surface area contributed by atoms with E-state index in [0.29, 0.717) is 87.5 Å². The first kappa shape index (κ1) is 112. The predicted octanol–water partition coefficient (Wildman–Crippen LogP) is 6.09. The Bertz CT molecular complexity index is 8080. The van der Waals surface area contributed by atoms with Crippen molar-refractivity contribution in [2.45, 2.75) is 183 Å². The fourth-order valence-corrected chi connectivity index (χ4v) is 26.5. The number of benzene rings is 6. The van der Waals surface area contributed by atoms with Gasteiger partial charge in [-0.1, -0.05) is 48.0 Å². The Hall–Kier alpha value is -12.2. The van der Waals surface area contributed by atoms with Crippen LogP contribution in [0.1, 0.15) is 233 Å². The Morgan fingerprint density at radius 2 is 0.853 bits per heavy atom. The van der Waals surface area contributed by atoms with Crippen molar-refractivity contribution in [3.05, 3.63) is 242 Å². The number of aromatic nitrogens is 4. The van der Waals surface area contributed by atoms with Gasteiger partial charge < -0.3 is 120 Å². The third-order valence-corrected chi connectivity index (χ3v) is 34.0. The molecule has 52 heteroatoms. The highest BCUT2D eigenvalue weighted by molar-refractivity contribution is 7.67. The monoisotopic (exact) mass is 2180 g/mol. The maximum absolute atomic E-state index is 14.0. The number of likely N-dealkylation sites (N-methyl/N-ethyl adjacent to an activating group) is 4. The molecule has 16 rings (SSSR count). The lowest BCUT2D eigenvalue weighted by Gasteiger charge is -2.43. The van der Waals surface area contributed by atoms with E-state index < -0.39 is 132 Å². The van der Waals surface area contributed by atoms with Gasteiger partial charge in [0.25, 0.3) is 11.8 Å². The number of phosphoric ester groups is 2. The van der Waals surface area contributed by atoms with E-state index in [0.717, 1.165) is 88.2 Å². The van der Waals surface area contributed by atoms with Crippen molar-refractivity contribution in [1.82, 2.24) is 38.9 Å². The number of carbonyl (C=O) groups excluding carboxylic acids is 4. The van der Waals surface area contributed by atoms with Gasteiger partial charge in [-0.05, 0) is 177 Å². The number of anilines is 4. The van der Waals surface area contributed by atoms with Crippen molar-refractivity contribution in [2.24, 2.45) is 0 Å². The van der Waals surface area contributed by atoms with Crippen LogP contribution in [0, 0.1) is 23.7 Å². The zero-order valence-corrected chi connectivity index (χ0v) is 89.1. The number of hydrogen-bond acceptors (Lipinski definition) is 32. The number of nitrogen functional groups attached to an aromatic ring is 2. The quantitative estimate of drug-likeness (QED) is 0.0150. The van der Waals surface area contributed by atoms with Gasteiger partial charge in [0.1, 0.15) is 72.4 Å². The van der Waals surface area contributed by atoms with Gasteiger partial charge in [0.2, 0.25) is 10.7 Å². The normalized spacial score (nSPS) is 20.9. The Balaban J connectivity index is 0.000000224. The minimum Gasteiger partial charge on any atom is -0.545 e. The molecule has 8 aliphatic heterocycles. The number of rotatable bonds is 28. The number of phosphoric acid groups is 6. The molecule has 46 nitrogen and oxygen atoms in total. The molecular formula is C98H110N12O34P6. The summed E-state index contributed by atoms with van der Waals surface area (Å²) in [7, 11) is -34.0. The SMILES string of the molecule is CCN1c2cc3c(cc2C(C)=CC1(C)C)C(c1cc(C(=O)NCC#Cc2cn([C@H]4C[C@H](O)[C@@H](COP(=O)(O)OP(=O)(O)OP(=O)(O)O)O4)c(=O)nc2N)ccc1C(=O)[O-])=c1cc2c(cc1O3)=[N+](CC)C(C)(C)C=C2C.CCN1c2cc3c(cc2C(C)=CC1(C)C)C(c1ccc(C(=O)NCC#Cc2cn([C@H]4C[C@H](O)[C@@H](COP(=O)(O)OP(=O)(O)OP(=O)(O)O)O4)c(=O)nc2N)cc1C(=O)[O-])=c1cc2c(cc1O3)=[N+](CC)C(C)(C)C=C2C. The molecular weight excluding hydrogens is 2070 g/mol. The Labute approximate surface area is 857 Å². The molecule has 0 spiro atoms. The molecule has 2 fully saturated rings. The van der Waals surface area contributed by atoms with Crippen LogP contribution in [0.3, 0.4) is 0 Å². The third-order valence-electron chi connectivity index (χ3n) is 26.4. The van der Waals surface area contributed by atoms with Crippen LogP contribution in [-0.4, -0.2) is 191 Å². The van der Waals surface area contributed by atoms with Crippen molar-refractivity contribution in [1.29, 1.82) is 0 Å². The molecule has 796 valence electrons. The van der Waals surface area contributed by atoms with E-state index in [1.807, 2.05) is 76.2 Å². The van der Waals surface area contributed by atoms with Crippen LogP contribution in [0.25, 0.3) is 33.4 Å². The van der Waals surface area contributed by atoms with Crippen LogP contribution >= 0.6 is 46.9 Å². The van der Waals surface area contributed by atoms with E-state index in [1.165, 1.54) is 30.3 Å². The second kappa shape index (κ2) is 41.8. The second-order valence-corrected chi connectivity index (χ2v) is 47.3. The van der Waals surface area contributed by atoms with Gasteiger partial charge in [-0.3, -0.25) is 27.8 Å². The van der Waals surface area contributed by atoms with Crippen molar-refractivity contribution in [2.75, 3.05) is 73.7 Å². The van der Waals surface area contributed by atoms with Crippen LogP contribution in [0.4, 0.5) is 23.0 Å². The van der Waals surface area contributed by atoms with E-state index in [9.17, 15) is 96.2 Å². The Morgan fingerprint density at radius 1 is 0.473 bits per heavy atom. The summed E-state index contributed by atoms with van der Waals surface area (Å²) in [5.41, 5.74) is 21.3. The van der Waals surface area contributed by atoms with Gasteiger partial charge >= 0.3 is 58.3 Å². The minimum atomic E-state index is -5.81. The summed E-state index contributed by atoms with van der Waals surface area (Å²) in [6, 6.07) is 24.6. The molecule has 0 saturated carbocycles. The van der Waals surface area contributed by atoms with Crippen molar-refractivity contribution < 1.29 is 151 Å². The second-order valence-electron chi connectivity index (χ2n) is 38.5. The van der Waals surface area contributed by atoms with E-state index >= 15 is 0 Å². The smallest absolute Gasteiger partial charge is 0.490 e. The van der Waals surface area contributed by atoms with Crippen LogP contribution in [0.2, 0.25) is 0 Å². The van der Waals surface area contributed by atoms with Crippen molar-refractivity contribution >= 4 is 127 Å². The van der Waals surface area contributed by atoms with Gasteiger partial charge in [-0.25, -0.2) is 46.1 Å². The number of ether oxygens (including phenoxy) is 4. The van der Waals surface area contributed by atoms with Crippen molar-refractivity contribution in [3.8, 4) is 46.7 Å². The number of allylic oxidation sites excluding steroid dienone is 4. The fourth-order valence-electron chi connectivity index (χ4n) is 20.4. The number of carboxylic acids is 2. The molecule has 8 aromatic rings. The molecule has 2 amide bonds. The molecule has 10 atom stereocenters. The molecule has 4 unspecified atom stereocenters. The molecule has 6 aromatic carbocycles. The average Bonchev–Trinajstić information content (AvgIpc) is 0.832. The summed E-state index contributed by atoms with van der Waals surface area (Å²) in [4.78, 5) is 165. The number of nitrogens with two attached hydrogens (primary N) is 2. The van der Waals surface area contributed by atoms with Gasteiger partial charge in [-0.2, -0.15) is 27.2 Å². The lowest BCUT2D eigenvalue weighted by atomic mass is 9.83. The fraction of sp³-hybridized carbons (Fsp3) is 0.367. The third kappa shape index (κ3) is 23.6. The maximum atomic E-state index is 14.0. The number of aliphatic hydroxyl groups excluding tert-OH is 2. The average molecular weight is 2190 g/mol. The van der Waals surface area contributed by atoms with E-state index in [4.69, 9.17) is 50.0 Å². The van der Waals surface area contributed by atoms with E-state index in [1.54, 1.807) is 6.07 Å². The van der Waals surface area contributed by atoms with Crippen molar-refractivity contribution in [3.63, 3.8) is 0 Å². The first-order chi connectivity index (χ1) is 69.8. The van der Waals surface area contributed by atoms with Gasteiger partial charge in [0.15, 0.2) is 11.1 Å². The number of carbonyl (C=O) groups is 4. The standard InChI is InChI=1S/2C49H55N6O17P3/c1-9-54-36-19-39-34(17-31(36)26(3)22-48(54,5)6)43(35-18-32-27(4)23-49(7,8)55(10-2)37(32)20-40(35)69-39)33-16-28(13-14-30(33)46(58)59)45(57)51-15-11-12-29-24-53(47(60)52-44(29)50)42-21-38(56)41(70-42)25-68-74(64,65)72-75(66,67)71-73(61,62)63;1-9-54-36-19-39-34(17-31(36)26(3)22-48(54,5)6)43(35-18-32-27(4)23-49(7,8)55(10-2)37(32)20-40(35)69-39)30-14-13-28(16-33(30)46(58)59)45(57)51-15-11-12-29-24-53(47(60)52-44(29)50)42-21-38(56)41(70-42)25-68-74(64,65)72-75(66,67)71-73(61,62)63/h2*13-14,16-20,22-24,38,41-42,56H,9-10,15,21,25H2,1-8H3,(H7-,50,51,52,57,58,59,60,61,62,63,64,65,66,67)/t2*38-,41+,42+/m00/s1. The van der Waals surface area contributed by atoms with Crippen LogP contribution < -0.4 is 93.3 Å². The van der Waals surface area contributed by atoms with Gasteiger partial charge in [0.05, 0.1) is 84.8 Å². The molecule has 10 heterocycles. The van der Waals surface area contributed by atoms with Gasteiger partial charge in [0, 0.05) is 167 Å². The summed E-state index contributed by atoms with van der Waals surface area (Å²) in [6.45, 7) is 34.0. The van der Waals surface area contributed by atoms with E-state index in [-0.39, 0.29) is 98.7 Å². The molecule has 2 aromatic heterocycles. The number of amides is 2. The van der Waals surface area contributed by atoms with E-state index in [2.05, 4.69) is 197 Å².